The molecule has 174 valence electrons. The molecule has 1 saturated heterocycles. The van der Waals surface area contributed by atoms with Gasteiger partial charge in [-0.25, -0.2) is 9.82 Å². The molecular formula is C23H27FN6O3. The molecule has 1 atom stereocenters. The van der Waals surface area contributed by atoms with Crippen LogP contribution in [0.15, 0.2) is 45.7 Å². The maximum atomic E-state index is 13.3. The zero-order valence-corrected chi connectivity index (χ0v) is 18.8. The van der Waals surface area contributed by atoms with Gasteiger partial charge in [0.1, 0.15) is 5.58 Å². The SMILES string of the molecule is C=C(F)C(=O)N1CCC(N/C(=C(C(C)=N)/C(N)=N\NC=O)c2oc3ccc(C)cc3c2C)C1. The number of carbonyl (C=O) groups is 2. The average molecular weight is 455 g/mol. The summed E-state index contributed by atoms with van der Waals surface area (Å²) in [5, 5.41) is 16.4. The van der Waals surface area contributed by atoms with E-state index in [1.807, 2.05) is 32.0 Å². The molecule has 1 aromatic heterocycles. The van der Waals surface area contributed by atoms with Crippen molar-refractivity contribution in [2.45, 2.75) is 33.2 Å². The fourth-order valence-corrected chi connectivity index (χ4v) is 3.92. The number of nitrogens with one attached hydrogen (secondary N) is 3. The summed E-state index contributed by atoms with van der Waals surface area (Å²) in [6.45, 7) is 9.08. The van der Waals surface area contributed by atoms with E-state index in [1.165, 1.54) is 4.90 Å². The smallest absolute Gasteiger partial charge is 0.282 e. The molecule has 0 bridgehead atoms. The van der Waals surface area contributed by atoms with Crippen molar-refractivity contribution in [2.24, 2.45) is 10.8 Å². The van der Waals surface area contributed by atoms with Gasteiger partial charge in [-0.3, -0.25) is 9.59 Å². The van der Waals surface area contributed by atoms with Crippen molar-refractivity contribution in [3.8, 4) is 0 Å². The number of likely N-dealkylation sites (tertiary alicyclic amines) is 1. The predicted molar refractivity (Wildman–Crippen MR) is 125 cm³/mol. The van der Waals surface area contributed by atoms with Crippen LogP contribution < -0.4 is 16.5 Å². The number of carbonyl (C=O) groups excluding carboxylic acids is 2. The van der Waals surface area contributed by atoms with E-state index in [4.69, 9.17) is 15.6 Å². The van der Waals surface area contributed by atoms with Gasteiger partial charge in [0, 0.05) is 35.8 Å². The van der Waals surface area contributed by atoms with E-state index in [9.17, 15) is 14.0 Å². The zero-order chi connectivity index (χ0) is 24.3. The Morgan fingerprint density at radius 1 is 1.42 bits per heavy atom. The molecule has 1 fully saturated rings. The molecule has 1 aliphatic rings. The molecule has 5 N–H and O–H groups in total. The number of amidine groups is 1. The monoisotopic (exact) mass is 454 g/mol. The Morgan fingerprint density at radius 2 is 2.15 bits per heavy atom. The van der Waals surface area contributed by atoms with Crippen LogP contribution in [0, 0.1) is 19.3 Å². The number of hydrogen-bond donors (Lipinski definition) is 4. The second-order valence-corrected chi connectivity index (χ2v) is 7.96. The van der Waals surface area contributed by atoms with Crippen LogP contribution in [-0.2, 0) is 9.59 Å². The number of hydrazone groups is 1. The van der Waals surface area contributed by atoms with Crippen molar-refractivity contribution in [3.05, 3.63) is 53.1 Å². The molecule has 1 unspecified atom stereocenters. The highest BCUT2D eigenvalue weighted by Crippen LogP contribution is 2.32. The van der Waals surface area contributed by atoms with Crippen LogP contribution in [0.4, 0.5) is 4.39 Å². The Morgan fingerprint density at radius 3 is 2.79 bits per heavy atom. The van der Waals surface area contributed by atoms with Gasteiger partial charge < -0.3 is 25.8 Å². The zero-order valence-electron chi connectivity index (χ0n) is 18.8. The summed E-state index contributed by atoms with van der Waals surface area (Å²) < 4.78 is 19.5. The van der Waals surface area contributed by atoms with E-state index in [2.05, 4.69) is 22.4 Å². The molecule has 1 aliphatic heterocycles. The van der Waals surface area contributed by atoms with Gasteiger partial charge in [0.05, 0.1) is 11.3 Å². The Bertz CT molecular complexity index is 1200. The van der Waals surface area contributed by atoms with E-state index in [1.54, 1.807) is 6.92 Å². The van der Waals surface area contributed by atoms with Crippen LogP contribution in [0.1, 0.15) is 30.2 Å². The van der Waals surface area contributed by atoms with Crippen molar-refractivity contribution >= 4 is 40.5 Å². The van der Waals surface area contributed by atoms with Crippen LogP contribution in [-0.4, -0.2) is 47.9 Å². The van der Waals surface area contributed by atoms with Gasteiger partial charge in [0.2, 0.25) is 6.41 Å². The molecule has 0 aliphatic carbocycles. The number of benzene rings is 1. The quantitative estimate of drug-likeness (QED) is 0.160. The minimum atomic E-state index is -1.01. The second-order valence-electron chi connectivity index (χ2n) is 7.96. The van der Waals surface area contributed by atoms with Gasteiger partial charge >= 0.3 is 0 Å². The van der Waals surface area contributed by atoms with Gasteiger partial charge in [0.25, 0.3) is 5.91 Å². The number of nitrogens with two attached hydrogens (primary N) is 1. The van der Waals surface area contributed by atoms with E-state index in [-0.39, 0.29) is 29.7 Å². The lowest BCUT2D eigenvalue weighted by Crippen LogP contribution is -2.36. The Hall–Kier alpha value is -3.95. The molecule has 0 spiro atoms. The van der Waals surface area contributed by atoms with E-state index >= 15 is 0 Å². The number of rotatable bonds is 8. The van der Waals surface area contributed by atoms with Gasteiger partial charge in [-0.2, -0.15) is 5.10 Å². The Kier molecular flexibility index (Phi) is 6.95. The number of halogens is 1. The average Bonchev–Trinajstić information content (AvgIpc) is 3.35. The van der Waals surface area contributed by atoms with Gasteiger partial charge in [-0.1, -0.05) is 18.2 Å². The van der Waals surface area contributed by atoms with Crippen molar-refractivity contribution < 1.29 is 18.4 Å². The van der Waals surface area contributed by atoms with Crippen molar-refractivity contribution in [2.75, 3.05) is 13.1 Å². The van der Waals surface area contributed by atoms with Crippen LogP contribution in [0.2, 0.25) is 0 Å². The molecule has 33 heavy (non-hydrogen) atoms. The third-order valence-corrected chi connectivity index (χ3v) is 5.49. The van der Waals surface area contributed by atoms with Crippen molar-refractivity contribution in [1.82, 2.24) is 15.6 Å². The number of furan rings is 1. The first kappa shape index (κ1) is 23.7. The van der Waals surface area contributed by atoms with Gasteiger partial charge in [0.15, 0.2) is 17.4 Å². The Labute approximate surface area is 190 Å². The van der Waals surface area contributed by atoms with Gasteiger partial charge in [-0.15, -0.1) is 0 Å². The molecule has 9 nitrogen and oxygen atoms in total. The lowest BCUT2D eigenvalue weighted by Gasteiger charge is -2.21. The summed E-state index contributed by atoms with van der Waals surface area (Å²) in [5.41, 5.74) is 11.6. The molecule has 3 rings (SSSR count). The van der Waals surface area contributed by atoms with Crippen LogP contribution in [0.5, 0.6) is 0 Å². The summed E-state index contributed by atoms with van der Waals surface area (Å²) in [6.07, 6.45) is 0.908. The summed E-state index contributed by atoms with van der Waals surface area (Å²) in [6, 6.07) is 5.53. The normalized spacial score (nSPS) is 17.0. The van der Waals surface area contributed by atoms with Crippen LogP contribution >= 0.6 is 0 Å². The van der Waals surface area contributed by atoms with Crippen molar-refractivity contribution in [3.63, 3.8) is 0 Å². The highest BCUT2D eigenvalue weighted by molar-refractivity contribution is 6.26. The fraction of sp³-hybridized carbons (Fsp3) is 0.304. The van der Waals surface area contributed by atoms with Gasteiger partial charge in [-0.05, 0) is 39.3 Å². The van der Waals surface area contributed by atoms with E-state index in [0.29, 0.717) is 36.4 Å². The molecule has 2 aromatic rings. The highest BCUT2D eigenvalue weighted by Gasteiger charge is 2.31. The maximum Gasteiger partial charge on any atom is 0.282 e. The minimum absolute atomic E-state index is 0.0868. The summed E-state index contributed by atoms with van der Waals surface area (Å²) in [4.78, 5) is 24.1. The highest BCUT2D eigenvalue weighted by atomic mass is 19.1. The first-order valence-electron chi connectivity index (χ1n) is 10.4. The molecular weight excluding hydrogens is 427 g/mol. The second kappa shape index (κ2) is 9.68. The fourth-order valence-electron chi connectivity index (χ4n) is 3.92. The third kappa shape index (κ3) is 4.94. The largest absolute Gasteiger partial charge is 0.454 e. The lowest BCUT2D eigenvalue weighted by molar-refractivity contribution is -0.127. The molecule has 1 aromatic carbocycles. The predicted octanol–water partition coefficient (Wildman–Crippen LogP) is 2.49. The number of hydrogen-bond acceptors (Lipinski definition) is 6. The summed E-state index contributed by atoms with van der Waals surface area (Å²) >= 11 is 0. The van der Waals surface area contributed by atoms with Crippen LogP contribution in [0.3, 0.4) is 0 Å². The lowest BCUT2D eigenvalue weighted by atomic mass is 10.0. The summed E-state index contributed by atoms with van der Waals surface area (Å²) in [7, 11) is 0. The molecule has 0 radical (unpaired) electrons. The first-order chi connectivity index (χ1) is 15.6. The van der Waals surface area contributed by atoms with Crippen molar-refractivity contribution in [1.29, 1.82) is 5.41 Å². The van der Waals surface area contributed by atoms with E-state index < -0.39 is 11.7 Å². The molecule has 10 heteroatoms. The van der Waals surface area contributed by atoms with Crippen LogP contribution in [0.25, 0.3) is 16.7 Å². The number of aryl methyl sites for hydroxylation is 2. The number of nitrogens with zero attached hydrogens (tertiary/aromatic N) is 2. The molecule has 2 heterocycles. The van der Waals surface area contributed by atoms with E-state index in [0.717, 1.165) is 16.5 Å². The summed E-state index contributed by atoms with van der Waals surface area (Å²) in [5.74, 6) is -1.39. The Balaban J connectivity index is 2.12. The maximum absolute atomic E-state index is 13.3. The minimum Gasteiger partial charge on any atom is -0.454 e. The standard InChI is InChI=1S/C23H27FN6O3/c1-12-5-6-18-17(9-12)13(2)21(33-18)20(19(15(4)25)22(26)29-27-11-31)28-16-7-8-30(10-16)23(32)14(3)24/h5-6,9,11,16,25,28H,3,7-8,10H2,1-2,4H3,(H2,26,29)(H,27,31)/b20-19+,25-15?. The third-order valence-electron chi connectivity index (χ3n) is 5.49. The topological polar surface area (TPSA) is 137 Å². The molecule has 2 amide bonds. The number of amides is 2. The first-order valence-corrected chi connectivity index (χ1v) is 10.4. The molecule has 0 saturated carbocycles. The number of fused-ring (bicyclic) bond motifs is 1.